The quantitative estimate of drug-likeness (QED) is 0.815. The fourth-order valence-corrected chi connectivity index (χ4v) is 4.37. The van der Waals surface area contributed by atoms with Gasteiger partial charge in [0.25, 0.3) is 5.91 Å². The highest BCUT2D eigenvalue weighted by Crippen LogP contribution is 2.42. The van der Waals surface area contributed by atoms with Crippen molar-refractivity contribution in [1.82, 2.24) is 9.80 Å². The zero-order valence-electron chi connectivity index (χ0n) is 15.6. The van der Waals surface area contributed by atoms with Gasteiger partial charge < -0.3 is 14.5 Å². The van der Waals surface area contributed by atoms with Crippen molar-refractivity contribution >= 4 is 11.8 Å². The summed E-state index contributed by atoms with van der Waals surface area (Å²) in [6.07, 6.45) is 5.11. The summed E-state index contributed by atoms with van der Waals surface area (Å²) < 4.78 is 5.12. The molecule has 1 saturated carbocycles. The predicted molar refractivity (Wildman–Crippen MR) is 98.6 cm³/mol. The second-order valence-corrected chi connectivity index (χ2v) is 8.32. The first kappa shape index (κ1) is 17.5. The molecule has 1 aliphatic carbocycles. The van der Waals surface area contributed by atoms with Crippen molar-refractivity contribution in [3.8, 4) is 0 Å². The first-order valence-electron chi connectivity index (χ1n) is 9.73. The van der Waals surface area contributed by atoms with Crippen LogP contribution in [0.25, 0.3) is 0 Å². The number of carbonyl (C=O) groups is 2. The molecule has 1 aromatic carbocycles. The zero-order chi connectivity index (χ0) is 18.1. The van der Waals surface area contributed by atoms with Gasteiger partial charge in [-0.15, -0.1) is 0 Å². The van der Waals surface area contributed by atoms with Crippen LogP contribution in [-0.4, -0.2) is 54.9 Å². The molecule has 5 nitrogen and oxygen atoms in total. The van der Waals surface area contributed by atoms with Crippen LogP contribution in [0.3, 0.4) is 0 Å². The molecule has 3 fully saturated rings. The van der Waals surface area contributed by atoms with E-state index in [9.17, 15) is 9.59 Å². The van der Waals surface area contributed by atoms with Crippen molar-refractivity contribution in [1.29, 1.82) is 0 Å². The number of rotatable bonds is 5. The number of hydrogen-bond donors (Lipinski definition) is 0. The van der Waals surface area contributed by atoms with Crippen molar-refractivity contribution in [3.05, 3.63) is 35.4 Å². The first-order chi connectivity index (χ1) is 12.6. The Hall–Kier alpha value is -1.88. The highest BCUT2D eigenvalue weighted by atomic mass is 16.5. The van der Waals surface area contributed by atoms with E-state index in [1.807, 2.05) is 29.2 Å². The Morgan fingerprint density at radius 3 is 2.50 bits per heavy atom. The minimum atomic E-state index is 0.1000. The lowest BCUT2D eigenvalue weighted by molar-refractivity contribution is -0.128. The number of nitrogens with zero attached hydrogens (tertiary/aromatic N) is 2. The minimum Gasteiger partial charge on any atom is -0.380 e. The van der Waals surface area contributed by atoms with Gasteiger partial charge in [0.2, 0.25) is 5.91 Å². The maximum Gasteiger partial charge on any atom is 0.253 e. The molecule has 2 aliphatic heterocycles. The van der Waals surface area contributed by atoms with Gasteiger partial charge in [-0.1, -0.05) is 12.1 Å². The van der Waals surface area contributed by atoms with Crippen molar-refractivity contribution in [3.63, 3.8) is 0 Å². The van der Waals surface area contributed by atoms with E-state index in [-0.39, 0.29) is 11.3 Å². The molecule has 0 aromatic heterocycles. The van der Waals surface area contributed by atoms with Crippen LogP contribution in [-0.2, 0) is 16.1 Å². The average Bonchev–Trinajstić information content (AvgIpc) is 3.41. The third-order valence-corrected chi connectivity index (χ3v) is 6.20. The number of hydrogen-bond acceptors (Lipinski definition) is 3. The van der Waals surface area contributed by atoms with Crippen LogP contribution in [0, 0.1) is 11.3 Å². The van der Waals surface area contributed by atoms with Gasteiger partial charge in [0.1, 0.15) is 0 Å². The van der Waals surface area contributed by atoms with E-state index in [1.165, 1.54) is 12.8 Å². The molecule has 0 atom stereocenters. The summed E-state index contributed by atoms with van der Waals surface area (Å²) in [7, 11) is 1.67. The lowest BCUT2D eigenvalue weighted by Crippen LogP contribution is -2.44. The van der Waals surface area contributed by atoms with Crippen molar-refractivity contribution in [2.24, 2.45) is 11.3 Å². The predicted octanol–water partition coefficient (Wildman–Crippen LogP) is 2.70. The van der Waals surface area contributed by atoms with Gasteiger partial charge >= 0.3 is 0 Å². The summed E-state index contributed by atoms with van der Waals surface area (Å²) in [6, 6.07) is 7.68. The molecule has 140 valence electrons. The normalized spacial score (nSPS) is 22.3. The Labute approximate surface area is 155 Å². The minimum absolute atomic E-state index is 0.1000. The second kappa shape index (κ2) is 7.03. The lowest BCUT2D eigenvalue weighted by atomic mass is 9.77. The summed E-state index contributed by atoms with van der Waals surface area (Å²) in [5, 5.41) is 0. The third-order valence-electron chi connectivity index (χ3n) is 6.20. The van der Waals surface area contributed by atoms with Crippen molar-refractivity contribution in [2.45, 2.75) is 38.7 Å². The molecule has 0 N–H and O–H groups in total. The van der Waals surface area contributed by atoms with Crippen molar-refractivity contribution in [2.75, 3.05) is 33.3 Å². The van der Waals surface area contributed by atoms with Crippen LogP contribution < -0.4 is 0 Å². The van der Waals surface area contributed by atoms with E-state index in [1.54, 1.807) is 7.11 Å². The highest BCUT2D eigenvalue weighted by Gasteiger charge is 2.46. The Bertz CT molecular complexity index is 673. The summed E-state index contributed by atoms with van der Waals surface area (Å²) >= 11 is 0. The Morgan fingerprint density at radius 2 is 1.88 bits per heavy atom. The van der Waals surface area contributed by atoms with E-state index in [2.05, 4.69) is 4.90 Å². The number of amides is 2. The smallest absolute Gasteiger partial charge is 0.253 e. The van der Waals surface area contributed by atoms with E-state index >= 15 is 0 Å². The number of benzene rings is 1. The number of ether oxygens (including phenoxy) is 1. The molecular formula is C21H28N2O3. The molecule has 1 spiro atoms. The summed E-state index contributed by atoms with van der Waals surface area (Å²) in [5.74, 6) is 1.17. The van der Waals surface area contributed by atoms with Crippen LogP contribution >= 0.6 is 0 Å². The van der Waals surface area contributed by atoms with Gasteiger partial charge in [-0.05, 0) is 49.3 Å². The molecule has 3 aliphatic rings. The van der Waals surface area contributed by atoms with Gasteiger partial charge in [0.05, 0.1) is 6.61 Å². The monoisotopic (exact) mass is 356 g/mol. The van der Waals surface area contributed by atoms with Crippen LogP contribution in [0.2, 0.25) is 0 Å². The fraction of sp³-hybridized carbons (Fsp3) is 0.619. The van der Waals surface area contributed by atoms with Gasteiger partial charge in [0.15, 0.2) is 0 Å². The Balaban J connectivity index is 1.34. The third kappa shape index (κ3) is 3.63. The second-order valence-electron chi connectivity index (χ2n) is 8.32. The van der Waals surface area contributed by atoms with E-state index in [4.69, 9.17) is 4.74 Å². The van der Waals surface area contributed by atoms with E-state index < -0.39 is 0 Å². The van der Waals surface area contributed by atoms with Gasteiger partial charge in [0, 0.05) is 50.7 Å². The van der Waals surface area contributed by atoms with E-state index in [0.717, 1.165) is 56.1 Å². The summed E-state index contributed by atoms with van der Waals surface area (Å²) in [4.78, 5) is 29.2. The van der Waals surface area contributed by atoms with Gasteiger partial charge in [-0.3, -0.25) is 9.59 Å². The SMILES string of the molecule is COCc1ccc(C(=O)N2CCC3(CC2)CC(=O)N(CC2CC2)C3)cc1. The molecule has 2 heterocycles. The number of carbonyl (C=O) groups excluding carboxylic acids is 2. The maximum atomic E-state index is 12.8. The van der Waals surface area contributed by atoms with E-state index in [0.29, 0.717) is 18.9 Å². The molecular weight excluding hydrogens is 328 g/mol. The average molecular weight is 356 g/mol. The van der Waals surface area contributed by atoms with Crippen LogP contribution in [0.15, 0.2) is 24.3 Å². The molecule has 2 saturated heterocycles. The standard InChI is InChI=1S/C21H28N2O3/c1-26-14-17-4-6-18(7-5-17)20(25)22-10-8-21(9-11-22)12-19(24)23(15-21)13-16-2-3-16/h4-7,16H,2-3,8-15H2,1H3. The van der Waals surface area contributed by atoms with Crippen molar-refractivity contribution < 1.29 is 14.3 Å². The molecule has 0 bridgehead atoms. The molecule has 1 aromatic rings. The van der Waals surface area contributed by atoms with Crippen LogP contribution in [0.5, 0.6) is 0 Å². The van der Waals surface area contributed by atoms with Gasteiger partial charge in [-0.25, -0.2) is 0 Å². The fourth-order valence-electron chi connectivity index (χ4n) is 4.37. The lowest BCUT2D eigenvalue weighted by Gasteiger charge is -2.39. The summed E-state index contributed by atoms with van der Waals surface area (Å²) in [6.45, 7) is 3.92. The van der Waals surface area contributed by atoms with Crippen LogP contribution in [0.1, 0.15) is 48.0 Å². The molecule has 0 radical (unpaired) electrons. The Kier molecular flexibility index (Phi) is 4.74. The maximum absolute atomic E-state index is 12.8. The van der Waals surface area contributed by atoms with Gasteiger partial charge in [-0.2, -0.15) is 0 Å². The molecule has 5 heteroatoms. The first-order valence-corrected chi connectivity index (χ1v) is 9.73. The molecule has 0 unspecified atom stereocenters. The molecule has 26 heavy (non-hydrogen) atoms. The molecule has 2 amide bonds. The van der Waals surface area contributed by atoms with Crippen LogP contribution in [0.4, 0.5) is 0 Å². The summed E-state index contributed by atoms with van der Waals surface area (Å²) in [5.41, 5.74) is 1.91. The Morgan fingerprint density at radius 1 is 1.19 bits per heavy atom. The number of piperidine rings is 1. The highest BCUT2D eigenvalue weighted by molar-refractivity contribution is 5.94. The topological polar surface area (TPSA) is 49.9 Å². The zero-order valence-corrected chi connectivity index (χ0v) is 15.6. The molecule has 4 rings (SSSR count). The number of likely N-dealkylation sites (tertiary alicyclic amines) is 2. The largest absolute Gasteiger partial charge is 0.380 e. The number of methoxy groups -OCH3 is 1.